The van der Waals surface area contributed by atoms with Crippen molar-refractivity contribution in [2.75, 3.05) is 23.7 Å². The molecule has 1 aromatic rings. The van der Waals surface area contributed by atoms with Crippen molar-refractivity contribution in [3.05, 3.63) is 16.1 Å². The number of carbonyl (C=O) groups is 1. The normalized spacial score (nSPS) is 16.5. The van der Waals surface area contributed by atoms with Crippen molar-refractivity contribution in [3.63, 3.8) is 0 Å². The molecule has 0 unspecified atom stereocenters. The molecule has 7 heteroatoms. The molecule has 1 aliphatic heterocycles. The number of aromatic nitrogens is 1. The summed E-state index contributed by atoms with van der Waals surface area (Å²) in [5, 5.41) is 3.78. The maximum atomic E-state index is 11.0. The van der Waals surface area contributed by atoms with Crippen molar-refractivity contribution in [2.45, 2.75) is 25.8 Å². The first kappa shape index (κ1) is 14.2. The van der Waals surface area contributed by atoms with Crippen molar-refractivity contribution in [1.82, 2.24) is 10.3 Å². The lowest BCUT2D eigenvalue weighted by Gasteiger charge is -2.33. The van der Waals surface area contributed by atoms with E-state index >= 15 is 0 Å². The van der Waals surface area contributed by atoms with Gasteiger partial charge in [-0.3, -0.25) is 4.79 Å². The highest BCUT2D eigenvalue weighted by molar-refractivity contribution is 6.37. The van der Waals surface area contributed by atoms with Gasteiger partial charge in [-0.2, -0.15) is 0 Å². The molecule has 1 fully saturated rings. The zero-order valence-corrected chi connectivity index (χ0v) is 12.1. The Bertz CT molecular complexity index is 487. The number of amides is 1. The second kappa shape index (κ2) is 5.84. The van der Waals surface area contributed by atoms with Gasteiger partial charge in [0, 0.05) is 26.1 Å². The minimum atomic E-state index is 0.00495. The SMILES string of the molecule is CC(=O)NC1CCN(c2nc(N)c(Cl)cc2Cl)CC1. The van der Waals surface area contributed by atoms with Gasteiger partial charge in [-0.05, 0) is 18.9 Å². The summed E-state index contributed by atoms with van der Waals surface area (Å²) in [6.45, 7) is 3.09. The third kappa shape index (κ3) is 3.42. The van der Waals surface area contributed by atoms with Crippen LogP contribution in [0.25, 0.3) is 0 Å². The van der Waals surface area contributed by atoms with Crippen molar-refractivity contribution >= 4 is 40.7 Å². The molecule has 2 rings (SSSR count). The fraction of sp³-hybridized carbons (Fsp3) is 0.500. The number of carbonyl (C=O) groups excluding carboxylic acids is 1. The highest BCUT2D eigenvalue weighted by Gasteiger charge is 2.22. The topological polar surface area (TPSA) is 71.2 Å². The number of hydrogen-bond acceptors (Lipinski definition) is 4. The van der Waals surface area contributed by atoms with Crippen molar-refractivity contribution in [3.8, 4) is 0 Å². The first-order valence-corrected chi connectivity index (χ1v) is 6.86. The van der Waals surface area contributed by atoms with E-state index in [9.17, 15) is 4.79 Å². The van der Waals surface area contributed by atoms with Crippen LogP contribution in [0.2, 0.25) is 10.0 Å². The lowest BCUT2D eigenvalue weighted by atomic mass is 10.1. The molecule has 0 spiro atoms. The van der Waals surface area contributed by atoms with Crippen LogP contribution in [-0.4, -0.2) is 30.0 Å². The molecule has 104 valence electrons. The number of hydrogen-bond donors (Lipinski definition) is 2. The molecule has 1 aliphatic rings. The number of pyridine rings is 1. The Balaban J connectivity index is 2.05. The van der Waals surface area contributed by atoms with Crippen LogP contribution < -0.4 is 16.0 Å². The Morgan fingerprint density at radius 2 is 2.05 bits per heavy atom. The maximum Gasteiger partial charge on any atom is 0.217 e. The molecule has 0 aliphatic carbocycles. The van der Waals surface area contributed by atoms with E-state index in [2.05, 4.69) is 15.2 Å². The summed E-state index contributed by atoms with van der Waals surface area (Å²) in [6, 6.07) is 1.83. The first-order chi connectivity index (χ1) is 8.97. The third-order valence-electron chi connectivity index (χ3n) is 3.14. The minimum absolute atomic E-state index is 0.00495. The van der Waals surface area contributed by atoms with Gasteiger partial charge in [0.25, 0.3) is 0 Å². The number of nitrogen functional groups attached to an aromatic ring is 1. The molecule has 5 nitrogen and oxygen atoms in total. The lowest BCUT2D eigenvalue weighted by Crippen LogP contribution is -2.44. The molecule has 2 heterocycles. The molecule has 0 radical (unpaired) electrons. The fourth-order valence-electron chi connectivity index (χ4n) is 2.22. The summed E-state index contributed by atoms with van der Waals surface area (Å²) in [4.78, 5) is 17.3. The summed E-state index contributed by atoms with van der Waals surface area (Å²) >= 11 is 12.0. The number of nitrogens with two attached hydrogens (primary N) is 1. The van der Waals surface area contributed by atoms with E-state index in [0.717, 1.165) is 25.9 Å². The van der Waals surface area contributed by atoms with Gasteiger partial charge in [0.1, 0.15) is 11.6 Å². The molecule has 0 bridgehead atoms. The quantitative estimate of drug-likeness (QED) is 0.877. The predicted octanol–water partition coefficient (Wildman–Crippen LogP) is 2.08. The summed E-state index contributed by atoms with van der Waals surface area (Å²) < 4.78 is 0. The minimum Gasteiger partial charge on any atom is -0.382 e. The summed E-state index contributed by atoms with van der Waals surface area (Å²) in [7, 11) is 0. The van der Waals surface area contributed by atoms with E-state index < -0.39 is 0 Å². The molecule has 1 amide bonds. The number of anilines is 2. The number of rotatable bonds is 2. The van der Waals surface area contributed by atoms with Crippen LogP contribution >= 0.6 is 23.2 Å². The molecule has 0 saturated carbocycles. The van der Waals surface area contributed by atoms with Crippen LogP contribution in [0, 0.1) is 0 Å². The zero-order valence-electron chi connectivity index (χ0n) is 10.6. The monoisotopic (exact) mass is 302 g/mol. The van der Waals surface area contributed by atoms with Gasteiger partial charge >= 0.3 is 0 Å². The largest absolute Gasteiger partial charge is 0.382 e. The van der Waals surface area contributed by atoms with Gasteiger partial charge < -0.3 is 16.0 Å². The summed E-state index contributed by atoms with van der Waals surface area (Å²) in [6.07, 6.45) is 1.72. The number of halogens is 2. The Kier molecular flexibility index (Phi) is 4.37. The fourth-order valence-corrected chi connectivity index (χ4v) is 2.69. The van der Waals surface area contributed by atoms with Crippen LogP contribution in [-0.2, 0) is 4.79 Å². The summed E-state index contributed by atoms with van der Waals surface area (Å²) in [5.41, 5.74) is 5.70. The van der Waals surface area contributed by atoms with Gasteiger partial charge in [-0.15, -0.1) is 0 Å². The average molecular weight is 303 g/mol. The first-order valence-electron chi connectivity index (χ1n) is 6.11. The predicted molar refractivity (Wildman–Crippen MR) is 77.7 cm³/mol. The smallest absolute Gasteiger partial charge is 0.217 e. The van der Waals surface area contributed by atoms with Crippen LogP contribution in [0.15, 0.2) is 6.07 Å². The molecular weight excluding hydrogens is 287 g/mol. The van der Waals surface area contributed by atoms with E-state index in [1.165, 1.54) is 6.92 Å². The van der Waals surface area contributed by atoms with Crippen LogP contribution in [0.5, 0.6) is 0 Å². The average Bonchev–Trinajstić information content (AvgIpc) is 2.34. The third-order valence-corrected chi connectivity index (χ3v) is 3.72. The molecule has 1 aromatic heterocycles. The summed E-state index contributed by atoms with van der Waals surface area (Å²) in [5.74, 6) is 0.945. The maximum absolute atomic E-state index is 11.0. The van der Waals surface area contributed by atoms with Gasteiger partial charge in [0.05, 0.1) is 10.0 Å². The van der Waals surface area contributed by atoms with Gasteiger partial charge in [-0.1, -0.05) is 23.2 Å². The number of nitrogens with zero attached hydrogens (tertiary/aromatic N) is 2. The van der Waals surface area contributed by atoms with Crippen LogP contribution in [0.1, 0.15) is 19.8 Å². The van der Waals surface area contributed by atoms with E-state index in [0.29, 0.717) is 15.9 Å². The van der Waals surface area contributed by atoms with E-state index in [-0.39, 0.29) is 17.8 Å². The number of nitrogens with one attached hydrogen (secondary N) is 1. The Labute approximate surface area is 122 Å². The Morgan fingerprint density at radius 3 is 2.63 bits per heavy atom. The highest BCUT2D eigenvalue weighted by atomic mass is 35.5. The van der Waals surface area contributed by atoms with Gasteiger partial charge in [0.2, 0.25) is 5.91 Å². The van der Waals surface area contributed by atoms with Crippen LogP contribution in [0.4, 0.5) is 11.6 Å². The standard InChI is InChI=1S/C12H16Cl2N4O/c1-7(19)16-8-2-4-18(5-3-8)12-10(14)6-9(13)11(15)17-12/h6,8H,2-5H2,1H3,(H2,15,17)(H,16,19). The van der Waals surface area contributed by atoms with Gasteiger partial charge in [-0.25, -0.2) is 4.98 Å². The second-order valence-corrected chi connectivity index (χ2v) is 5.44. The van der Waals surface area contributed by atoms with Crippen molar-refractivity contribution in [1.29, 1.82) is 0 Å². The molecule has 19 heavy (non-hydrogen) atoms. The van der Waals surface area contributed by atoms with Crippen LogP contribution in [0.3, 0.4) is 0 Å². The number of piperidine rings is 1. The zero-order chi connectivity index (χ0) is 14.0. The van der Waals surface area contributed by atoms with Crippen molar-refractivity contribution < 1.29 is 4.79 Å². The lowest BCUT2D eigenvalue weighted by molar-refractivity contribution is -0.119. The van der Waals surface area contributed by atoms with Crippen molar-refractivity contribution in [2.24, 2.45) is 0 Å². The van der Waals surface area contributed by atoms with E-state index in [1.807, 2.05) is 0 Å². The van der Waals surface area contributed by atoms with E-state index in [4.69, 9.17) is 28.9 Å². The van der Waals surface area contributed by atoms with E-state index in [1.54, 1.807) is 6.07 Å². The highest BCUT2D eigenvalue weighted by Crippen LogP contribution is 2.31. The Morgan fingerprint density at radius 1 is 1.42 bits per heavy atom. The molecular formula is C12H16Cl2N4O. The molecule has 1 saturated heterocycles. The van der Waals surface area contributed by atoms with Gasteiger partial charge in [0.15, 0.2) is 0 Å². The molecule has 0 atom stereocenters. The molecule has 3 N–H and O–H groups in total. The molecule has 0 aromatic carbocycles. The Hall–Kier alpha value is -1.20. The second-order valence-electron chi connectivity index (χ2n) is 4.62.